The molecule has 1 atom stereocenters. The topological polar surface area (TPSA) is 38.8 Å². The fourth-order valence-corrected chi connectivity index (χ4v) is 2.89. The molecule has 1 saturated heterocycles. The van der Waals surface area contributed by atoms with Crippen molar-refractivity contribution < 1.29 is 14.3 Å². The van der Waals surface area contributed by atoms with E-state index in [-0.39, 0.29) is 11.9 Å². The number of nitrogens with zero attached hydrogens (tertiary/aromatic N) is 1. The zero-order valence-corrected chi connectivity index (χ0v) is 12.8. The molecule has 0 N–H and O–H groups in total. The maximum atomic E-state index is 12.3. The Bertz CT molecular complexity index is 649. The highest BCUT2D eigenvalue weighted by Crippen LogP contribution is 2.37. The number of carbonyl (C=O) groups excluding carboxylic acids is 1. The van der Waals surface area contributed by atoms with Gasteiger partial charge in [0.2, 0.25) is 5.91 Å². The lowest BCUT2D eigenvalue weighted by atomic mass is 10.0. The van der Waals surface area contributed by atoms with Gasteiger partial charge in [-0.15, -0.1) is 0 Å². The molecule has 4 nitrogen and oxygen atoms in total. The largest absolute Gasteiger partial charge is 0.497 e. The van der Waals surface area contributed by atoms with E-state index in [0.717, 1.165) is 29.2 Å². The van der Waals surface area contributed by atoms with Crippen molar-refractivity contribution in [3.63, 3.8) is 0 Å². The van der Waals surface area contributed by atoms with Gasteiger partial charge in [-0.2, -0.15) is 0 Å². The monoisotopic (exact) mass is 297 g/mol. The van der Waals surface area contributed by atoms with Crippen LogP contribution in [0, 0.1) is 0 Å². The quantitative estimate of drug-likeness (QED) is 0.866. The third-order valence-corrected chi connectivity index (χ3v) is 4.06. The molecule has 22 heavy (non-hydrogen) atoms. The fraction of sp³-hybridized carbons (Fsp3) is 0.278. The number of benzene rings is 2. The molecule has 1 heterocycles. The average molecular weight is 297 g/mol. The van der Waals surface area contributed by atoms with E-state index in [1.54, 1.807) is 14.2 Å². The minimum atomic E-state index is 0.0757. The highest BCUT2D eigenvalue weighted by Gasteiger charge is 2.33. The van der Waals surface area contributed by atoms with Gasteiger partial charge in [-0.3, -0.25) is 4.79 Å². The standard InChI is InChI=1S/C18H19NO3/c1-21-15-7-3-13(4-8-15)17-11-12-18(20)19(17)14-5-9-16(22-2)10-6-14/h3-10,17H,11-12H2,1-2H3. The molecule has 0 radical (unpaired) electrons. The highest BCUT2D eigenvalue weighted by atomic mass is 16.5. The first kappa shape index (κ1) is 14.4. The van der Waals surface area contributed by atoms with Crippen molar-refractivity contribution in [2.24, 2.45) is 0 Å². The summed E-state index contributed by atoms with van der Waals surface area (Å²) in [5.74, 6) is 1.77. The summed E-state index contributed by atoms with van der Waals surface area (Å²) in [6, 6.07) is 15.6. The number of anilines is 1. The molecule has 3 rings (SSSR count). The predicted molar refractivity (Wildman–Crippen MR) is 85.4 cm³/mol. The van der Waals surface area contributed by atoms with Crippen LogP contribution in [0.1, 0.15) is 24.4 Å². The van der Waals surface area contributed by atoms with Gasteiger partial charge in [0, 0.05) is 12.1 Å². The molecule has 2 aromatic carbocycles. The lowest BCUT2D eigenvalue weighted by Gasteiger charge is -2.25. The molecule has 0 bridgehead atoms. The number of ether oxygens (including phenoxy) is 2. The van der Waals surface area contributed by atoms with Crippen LogP contribution in [-0.2, 0) is 4.79 Å². The summed E-state index contributed by atoms with van der Waals surface area (Å²) >= 11 is 0. The van der Waals surface area contributed by atoms with E-state index in [1.807, 2.05) is 53.4 Å². The van der Waals surface area contributed by atoms with Crippen LogP contribution in [-0.4, -0.2) is 20.1 Å². The van der Waals surface area contributed by atoms with Crippen molar-refractivity contribution in [2.75, 3.05) is 19.1 Å². The van der Waals surface area contributed by atoms with Gasteiger partial charge < -0.3 is 14.4 Å². The predicted octanol–water partition coefficient (Wildman–Crippen LogP) is 3.57. The lowest BCUT2D eigenvalue weighted by Crippen LogP contribution is -2.27. The molecule has 0 saturated carbocycles. The Morgan fingerprint density at radius 1 is 0.909 bits per heavy atom. The molecule has 4 heteroatoms. The van der Waals surface area contributed by atoms with Crippen LogP contribution >= 0.6 is 0 Å². The lowest BCUT2D eigenvalue weighted by molar-refractivity contribution is -0.117. The van der Waals surface area contributed by atoms with E-state index < -0.39 is 0 Å². The summed E-state index contributed by atoms with van der Waals surface area (Å²) in [5, 5.41) is 0. The van der Waals surface area contributed by atoms with Crippen LogP contribution < -0.4 is 14.4 Å². The van der Waals surface area contributed by atoms with E-state index in [9.17, 15) is 4.79 Å². The number of methoxy groups -OCH3 is 2. The zero-order valence-electron chi connectivity index (χ0n) is 12.8. The zero-order chi connectivity index (χ0) is 15.5. The minimum absolute atomic E-state index is 0.0757. The van der Waals surface area contributed by atoms with Crippen LogP contribution in [0.15, 0.2) is 48.5 Å². The maximum Gasteiger partial charge on any atom is 0.227 e. The third-order valence-electron chi connectivity index (χ3n) is 4.06. The van der Waals surface area contributed by atoms with Gasteiger partial charge >= 0.3 is 0 Å². The highest BCUT2D eigenvalue weighted by molar-refractivity contribution is 5.96. The summed E-state index contributed by atoms with van der Waals surface area (Å²) in [4.78, 5) is 14.2. The first-order valence-corrected chi connectivity index (χ1v) is 7.33. The molecule has 0 aromatic heterocycles. The smallest absolute Gasteiger partial charge is 0.227 e. The molecule has 1 aliphatic heterocycles. The molecule has 1 amide bonds. The van der Waals surface area contributed by atoms with E-state index in [0.29, 0.717) is 6.42 Å². The van der Waals surface area contributed by atoms with Crippen LogP contribution in [0.2, 0.25) is 0 Å². The number of hydrogen-bond acceptors (Lipinski definition) is 3. The molecule has 2 aromatic rings. The van der Waals surface area contributed by atoms with Crippen molar-refractivity contribution in [2.45, 2.75) is 18.9 Å². The van der Waals surface area contributed by atoms with E-state index in [2.05, 4.69) is 0 Å². The van der Waals surface area contributed by atoms with Crippen molar-refractivity contribution in [3.8, 4) is 11.5 Å². The first-order chi connectivity index (χ1) is 10.7. The Hall–Kier alpha value is -2.49. The summed E-state index contributed by atoms with van der Waals surface area (Å²) < 4.78 is 10.4. The van der Waals surface area contributed by atoms with Gasteiger partial charge in [0.05, 0.1) is 20.3 Å². The van der Waals surface area contributed by atoms with Gasteiger partial charge in [0.25, 0.3) is 0 Å². The summed E-state index contributed by atoms with van der Waals surface area (Å²) in [7, 11) is 3.29. The molecule has 0 spiro atoms. The third kappa shape index (κ3) is 2.64. The molecular formula is C18H19NO3. The molecular weight excluding hydrogens is 278 g/mol. The number of carbonyl (C=O) groups is 1. The van der Waals surface area contributed by atoms with Gasteiger partial charge in [-0.05, 0) is 48.4 Å². The van der Waals surface area contributed by atoms with Gasteiger partial charge in [0.1, 0.15) is 11.5 Å². The van der Waals surface area contributed by atoms with E-state index in [4.69, 9.17) is 9.47 Å². The summed E-state index contributed by atoms with van der Waals surface area (Å²) in [6.45, 7) is 0. The summed E-state index contributed by atoms with van der Waals surface area (Å²) in [5.41, 5.74) is 2.03. The molecule has 114 valence electrons. The van der Waals surface area contributed by atoms with Gasteiger partial charge in [-0.1, -0.05) is 12.1 Å². The Labute approximate surface area is 130 Å². The van der Waals surface area contributed by atoms with Crippen molar-refractivity contribution >= 4 is 11.6 Å². The van der Waals surface area contributed by atoms with Crippen LogP contribution in [0.4, 0.5) is 5.69 Å². The maximum absolute atomic E-state index is 12.3. The Balaban J connectivity index is 1.90. The first-order valence-electron chi connectivity index (χ1n) is 7.33. The Kier molecular flexibility index (Phi) is 4.00. The van der Waals surface area contributed by atoms with Crippen LogP contribution in [0.3, 0.4) is 0 Å². The summed E-state index contributed by atoms with van der Waals surface area (Å²) in [6.07, 6.45) is 1.40. The van der Waals surface area contributed by atoms with Crippen molar-refractivity contribution in [1.82, 2.24) is 0 Å². The van der Waals surface area contributed by atoms with E-state index >= 15 is 0 Å². The Morgan fingerprint density at radius 3 is 2.00 bits per heavy atom. The second-order valence-corrected chi connectivity index (χ2v) is 5.29. The molecule has 1 fully saturated rings. The molecule has 0 aliphatic carbocycles. The number of hydrogen-bond donors (Lipinski definition) is 0. The fourth-order valence-electron chi connectivity index (χ4n) is 2.89. The second-order valence-electron chi connectivity index (χ2n) is 5.29. The van der Waals surface area contributed by atoms with Crippen molar-refractivity contribution in [1.29, 1.82) is 0 Å². The van der Waals surface area contributed by atoms with E-state index in [1.165, 1.54) is 0 Å². The van der Waals surface area contributed by atoms with Gasteiger partial charge in [0.15, 0.2) is 0 Å². The normalized spacial score (nSPS) is 17.6. The van der Waals surface area contributed by atoms with Gasteiger partial charge in [-0.25, -0.2) is 0 Å². The average Bonchev–Trinajstić information content (AvgIpc) is 2.96. The Morgan fingerprint density at radius 2 is 1.45 bits per heavy atom. The SMILES string of the molecule is COc1ccc(C2CCC(=O)N2c2ccc(OC)cc2)cc1. The molecule has 1 unspecified atom stereocenters. The van der Waals surface area contributed by atoms with Crippen LogP contribution in [0.25, 0.3) is 0 Å². The number of rotatable bonds is 4. The minimum Gasteiger partial charge on any atom is -0.497 e. The van der Waals surface area contributed by atoms with Crippen molar-refractivity contribution in [3.05, 3.63) is 54.1 Å². The molecule has 1 aliphatic rings. The number of amides is 1. The second kappa shape index (κ2) is 6.10. The van der Waals surface area contributed by atoms with Crippen LogP contribution in [0.5, 0.6) is 11.5 Å².